The summed E-state index contributed by atoms with van der Waals surface area (Å²) in [5, 5.41) is 3.93. The first-order chi connectivity index (χ1) is 10.0. The summed E-state index contributed by atoms with van der Waals surface area (Å²) < 4.78 is 5.27. The van der Waals surface area contributed by atoms with Gasteiger partial charge in [0, 0.05) is 12.5 Å². The Morgan fingerprint density at radius 2 is 2.10 bits per heavy atom. The topological polar surface area (TPSA) is 42.2 Å². The highest BCUT2D eigenvalue weighted by Crippen LogP contribution is 2.22. The van der Waals surface area contributed by atoms with E-state index >= 15 is 0 Å². The van der Waals surface area contributed by atoms with Crippen molar-refractivity contribution in [2.75, 3.05) is 0 Å². The minimum Gasteiger partial charge on any atom is -0.469 e. The summed E-state index contributed by atoms with van der Waals surface area (Å²) in [5.41, 5.74) is 0.847. The molecule has 0 fully saturated rings. The van der Waals surface area contributed by atoms with E-state index in [4.69, 9.17) is 27.6 Å². The summed E-state index contributed by atoms with van der Waals surface area (Å²) in [4.78, 5) is 12.0. The highest BCUT2D eigenvalue weighted by molar-refractivity contribution is 6.42. The molecule has 5 heteroatoms. The van der Waals surface area contributed by atoms with Crippen molar-refractivity contribution in [1.29, 1.82) is 0 Å². The number of halogens is 2. The van der Waals surface area contributed by atoms with Gasteiger partial charge in [-0.25, -0.2) is 0 Å². The van der Waals surface area contributed by atoms with Gasteiger partial charge in [0.25, 0.3) is 0 Å². The fourth-order valence-corrected chi connectivity index (χ4v) is 2.37. The summed E-state index contributed by atoms with van der Waals surface area (Å²) in [6, 6.07) is 9.11. The van der Waals surface area contributed by atoms with E-state index in [1.54, 1.807) is 24.5 Å². The molecule has 2 aromatic rings. The summed E-state index contributed by atoms with van der Waals surface area (Å²) in [7, 11) is 0. The smallest absolute Gasteiger partial charge is 0.224 e. The lowest BCUT2D eigenvalue weighted by molar-refractivity contribution is -0.121. The van der Waals surface area contributed by atoms with Crippen LogP contribution in [0.4, 0.5) is 0 Å². The standard InChI is InChI=1S/C16H17Cl2NO2/c1-11(4-6-13-3-2-8-21-13)19-16(20)10-12-5-7-14(17)15(18)9-12/h2-3,5,7-9,11H,4,6,10H2,1H3,(H,19,20)/t11-/m0/s1. The third kappa shape index (κ3) is 5.10. The number of carbonyl (C=O) groups excluding carboxylic acids is 1. The highest BCUT2D eigenvalue weighted by Gasteiger charge is 2.10. The number of hydrogen-bond donors (Lipinski definition) is 1. The maximum atomic E-state index is 12.0. The molecule has 0 aliphatic carbocycles. The lowest BCUT2D eigenvalue weighted by Gasteiger charge is -2.13. The second kappa shape index (κ2) is 7.53. The fourth-order valence-electron chi connectivity index (χ4n) is 2.05. The average Bonchev–Trinajstić information content (AvgIpc) is 2.94. The molecule has 1 atom stereocenters. The second-order valence-corrected chi connectivity index (χ2v) is 5.83. The number of amides is 1. The van der Waals surface area contributed by atoms with Crippen LogP contribution in [0.25, 0.3) is 0 Å². The lowest BCUT2D eigenvalue weighted by atomic mass is 10.1. The molecule has 1 aromatic carbocycles. The lowest BCUT2D eigenvalue weighted by Crippen LogP contribution is -2.34. The van der Waals surface area contributed by atoms with E-state index in [0.29, 0.717) is 16.5 Å². The van der Waals surface area contributed by atoms with Gasteiger partial charge in [0.05, 0.1) is 22.7 Å². The third-order valence-electron chi connectivity index (χ3n) is 3.16. The van der Waals surface area contributed by atoms with Crippen molar-refractivity contribution in [3.8, 4) is 0 Å². The van der Waals surface area contributed by atoms with Crippen LogP contribution in [-0.2, 0) is 17.6 Å². The van der Waals surface area contributed by atoms with Crippen LogP contribution in [0.2, 0.25) is 10.0 Å². The Morgan fingerprint density at radius 1 is 1.29 bits per heavy atom. The molecule has 0 spiro atoms. The molecule has 1 N–H and O–H groups in total. The largest absolute Gasteiger partial charge is 0.469 e. The molecule has 1 amide bonds. The Hall–Kier alpha value is -1.45. The number of furan rings is 1. The molecular weight excluding hydrogens is 309 g/mol. The summed E-state index contributed by atoms with van der Waals surface area (Å²) >= 11 is 11.8. The van der Waals surface area contributed by atoms with Crippen molar-refractivity contribution in [2.24, 2.45) is 0 Å². The number of nitrogens with one attached hydrogen (secondary N) is 1. The zero-order valence-electron chi connectivity index (χ0n) is 11.7. The summed E-state index contributed by atoms with van der Waals surface area (Å²) in [6.45, 7) is 1.98. The van der Waals surface area contributed by atoms with Gasteiger partial charge in [-0.15, -0.1) is 0 Å². The Labute approximate surface area is 134 Å². The van der Waals surface area contributed by atoms with Crippen LogP contribution < -0.4 is 5.32 Å². The van der Waals surface area contributed by atoms with E-state index in [-0.39, 0.29) is 11.9 Å². The van der Waals surface area contributed by atoms with Crippen LogP contribution in [0.5, 0.6) is 0 Å². The van der Waals surface area contributed by atoms with Crippen LogP contribution in [0.1, 0.15) is 24.7 Å². The van der Waals surface area contributed by atoms with Gasteiger partial charge in [-0.2, -0.15) is 0 Å². The molecule has 0 aliphatic heterocycles. The van der Waals surface area contributed by atoms with E-state index < -0.39 is 0 Å². The maximum Gasteiger partial charge on any atom is 0.224 e. The van der Waals surface area contributed by atoms with Crippen molar-refractivity contribution < 1.29 is 9.21 Å². The van der Waals surface area contributed by atoms with Gasteiger partial charge in [-0.3, -0.25) is 4.79 Å². The van der Waals surface area contributed by atoms with Crippen molar-refractivity contribution in [2.45, 2.75) is 32.2 Å². The second-order valence-electron chi connectivity index (χ2n) is 5.01. The molecule has 2 rings (SSSR count). The number of hydrogen-bond acceptors (Lipinski definition) is 2. The molecule has 0 radical (unpaired) electrons. The Bertz CT molecular complexity index is 596. The molecule has 0 aliphatic rings. The van der Waals surface area contributed by atoms with E-state index in [2.05, 4.69) is 5.32 Å². The Morgan fingerprint density at radius 3 is 2.76 bits per heavy atom. The van der Waals surface area contributed by atoms with Crippen LogP contribution in [-0.4, -0.2) is 11.9 Å². The van der Waals surface area contributed by atoms with Crippen LogP contribution >= 0.6 is 23.2 Å². The monoisotopic (exact) mass is 325 g/mol. The van der Waals surface area contributed by atoms with Crippen LogP contribution in [0.15, 0.2) is 41.0 Å². The van der Waals surface area contributed by atoms with Gasteiger partial charge in [-0.1, -0.05) is 29.3 Å². The first kappa shape index (κ1) is 15.9. The maximum absolute atomic E-state index is 12.0. The molecule has 0 bridgehead atoms. The average molecular weight is 326 g/mol. The quantitative estimate of drug-likeness (QED) is 0.861. The summed E-state index contributed by atoms with van der Waals surface area (Å²) in [5.74, 6) is 0.904. The SMILES string of the molecule is C[C@@H](CCc1ccco1)NC(=O)Cc1ccc(Cl)c(Cl)c1. The van der Waals surface area contributed by atoms with Crippen molar-refractivity contribution in [3.05, 3.63) is 58.0 Å². The number of rotatable bonds is 6. The van der Waals surface area contributed by atoms with E-state index in [9.17, 15) is 4.79 Å². The zero-order chi connectivity index (χ0) is 15.2. The Kier molecular flexibility index (Phi) is 5.71. The molecular formula is C16H17Cl2NO2. The molecule has 1 heterocycles. The third-order valence-corrected chi connectivity index (χ3v) is 3.90. The molecule has 112 valence electrons. The van der Waals surface area contributed by atoms with Crippen molar-refractivity contribution in [1.82, 2.24) is 5.32 Å². The number of carbonyl (C=O) groups is 1. The van der Waals surface area contributed by atoms with E-state index in [0.717, 1.165) is 24.2 Å². The molecule has 0 saturated carbocycles. The van der Waals surface area contributed by atoms with Crippen LogP contribution in [0.3, 0.4) is 0 Å². The Balaban J connectivity index is 1.79. The van der Waals surface area contributed by atoms with Crippen LogP contribution in [0, 0.1) is 0 Å². The number of benzene rings is 1. The molecule has 0 unspecified atom stereocenters. The van der Waals surface area contributed by atoms with Gasteiger partial charge in [0.1, 0.15) is 5.76 Å². The predicted octanol–water partition coefficient (Wildman–Crippen LogP) is 4.27. The van der Waals surface area contributed by atoms with Gasteiger partial charge >= 0.3 is 0 Å². The van der Waals surface area contributed by atoms with Gasteiger partial charge in [0.2, 0.25) is 5.91 Å². The molecule has 0 saturated heterocycles. The molecule has 1 aromatic heterocycles. The molecule has 3 nitrogen and oxygen atoms in total. The fraction of sp³-hybridized carbons (Fsp3) is 0.312. The molecule has 21 heavy (non-hydrogen) atoms. The first-order valence-corrected chi connectivity index (χ1v) is 7.56. The predicted molar refractivity (Wildman–Crippen MR) is 84.8 cm³/mol. The minimum absolute atomic E-state index is 0.0275. The minimum atomic E-state index is -0.0275. The first-order valence-electron chi connectivity index (χ1n) is 6.80. The van der Waals surface area contributed by atoms with Gasteiger partial charge in [-0.05, 0) is 43.2 Å². The van der Waals surface area contributed by atoms with Gasteiger partial charge in [0.15, 0.2) is 0 Å². The van der Waals surface area contributed by atoms with Crippen molar-refractivity contribution in [3.63, 3.8) is 0 Å². The summed E-state index contributed by atoms with van der Waals surface area (Å²) in [6.07, 6.45) is 3.59. The normalized spacial score (nSPS) is 12.1. The van der Waals surface area contributed by atoms with Crippen molar-refractivity contribution >= 4 is 29.1 Å². The highest BCUT2D eigenvalue weighted by atomic mass is 35.5. The van der Waals surface area contributed by atoms with E-state index in [1.807, 2.05) is 19.1 Å². The number of aryl methyl sites for hydroxylation is 1. The van der Waals surface area contributed by atoms with E-state index in [1.165, 1.54) is 0 Å². The van der Waals surface area contributed by atoms with Gasteiger partial charge < -0.3 is 9.73 Å². The zero-order valence-corrected chi connectivity index (χ0v) is 13.2.